The predicted molar refractivity (Wildman–Crippen MR) is 63.0 cm³/mol. The summed E-state index contributed by atoms with van der Waals surface area (Å²) < 4.78 is 5.07. The van der Waals surface area contributed by atoms with Crippen LogP contribution in [0, 0.1) is 0 Å². The first-order chi connectivity index (χ1) is 8.29. The quantitative estimate of drug-likeness (QED) is 0.870. The molecule has 1 heterocycles. The maximum atomic E-state index is 11.8. The van der Waals surface area contributed by atoms with Crippen molar-refractivity contribution in [1.29, 1.82) is 0 Å². The normalized spacial score (nSPS) is 9.71. The van der Waals surface area contributed by atoms with E-state index < -0.39 is 0 Å². The van der Waals surface area contributed by atoms with Gasteiger partial charge in [-0.2, -0.15) is 0 Å². The second-order valence-electron chi connectivity index (χ2n) is 3.28. The van der Waals surface area contributed by atoms with Crippen LogP contribution in [0.5, 0.6) is 5.75 Å². The Balaban J connectivity index is 2.13. The van der Waals surface area contributed by atoms with Gasteiger partial charge in [0.25, 0.3) is 5.91 Å². The van der Waals surface area contributed by atoms with Crippen LogP contribution >= 0.6 is 0 Å². The SMILES string of the molecule is COc1cccc(NC(=O)c2ccncn2)c1. The van der Waals surface area contributed by atoms with Crippen LogP contribution in [0.25, 0.3) is 0 Å². The maximum Gasteiger partial charge on any atom is 0.274 e. The number of benzene rings is 1. The van der Waals surface area contributed by atoms with Crippen molar-refractivity contribution in [3.63, 3.8) is 0 Å². The first-order valence-corrected chi connectivity index (χ1v) is 5.01. The Morgan fingerprint density at radius 1 is 1.35 bits per heavy atom. The maximum absolute atomic E-state index is 11.8. The van der Waals surface area contributed by atoms with Gasteiger partial charge in [0.1, 0.15) is 17.8 Å². The van der Waals surface area contributed by atoms with Crippen molar-refractivity contribution in [3.05, 3.63) is 48.5 Å². The summed E-state index contributed by atoms with van der Waals surface area (Å²) in [6, 6.07) is 8.67. The lowest BCUT2D eigenvalue weighted by atomic mass is 10.3. The van der Waals surface area contributed by atoms with Crippen LogP contribution in [-0.2, 0) is 0 Å². The topological polar surface area (TPSA) is 64.1 Å². The summed E-state index contributed by atoms with van der Waals surface area (Å²) in [5.74, 6) is 0.408. The summed E-state index contributed by atoms with van der Waals surface area (Å²) in [6.07, 6.45) is 2.86. The average Bonchev–Trinajstić information content (AvgIpc) is 2.40. The molecule has 1 aromatic heterocycles. The number of anilines is 1. The van der Waals surface area contributed by atoms with Gasteiger partial charge in [-0.25, -0.2) is 9.97 Å². The standard InChI is InChI=1S/C12H11N3O2/c1-17-10-4-2-3-9(7-10)15-12(16)11-5-6-13-8-14-11/h2-8H,1H3,(H,15,16). The van der Waals surface area contributed by atoms with E-state index in [1.165, 1.54) is 12.5 Å². The van der Waals surface area contributed by atoms with Crippen molar-refractivity contribution < 1.29 is 9.53 Å². The lowest BCUT2D eigenvalue weighted by molar-refractivity contribution is 0.102. The summed E-state index contributed by atoms with van der Waals surface area (Å²) in [4.78, 5) is 19.4. The molecule has 0 aliphatic rings. The molecule has 0 aliphatic carbocycles. The molecule has 0 saturated heterocycles. The van der Waals surface area contributed by atoms with Crippen LogP contribution in [0.3, 0.4) is 0 Å². The molecule has 0 saturated carbocycles. The number of methoxy groups -OCH3 is 1. The van der Waals surface area contributed by atoms with E-state index in [2.05, 4.69) is 15.3 Å². The van der Waals surface area contributed by atoms with Crippen LogP contribution in [0.2, 0.25) is 0 Å². The lowest BCUT2D eigenvalue weighted by Crippen LogP contribution is -2.13. The van der Waals surface area contributed by atoms with E-state index in [1.54, 1.807) is 37.4 Å². The summed E-state index contributed by atoms with van der Waals surface area (Å²) >= 11 is 0. The van der Waals surface area contributed by atoms with Crippen molar-refractivity contribution in [2.75, 3.05) is 12.4 Å². The van der Waals surface area contributed by atoms with E-state index in [0.717, 1.165) is 0 Å². The van der Waals surface area contributed by atoms with Gasteiger partial charge in [0, 0.05) is 18.0 Å². The molecule has 86 valence electrons. The minimum atomic E-state index is -0.277. The van der Waals surface area contributed by atoms with E-state index in [-0.39, 0.29) is 5.91 Å². The highest BCUT2D eigenvalue weighted by Gasteiger charge is 2.06. The Labute approximate surface area is 98.5 Å². The largest absolute Gasteiger partial charge is 0.497 e. The van der Waals surface area contributed by atoms with Gasteiger partial charge in [-0.05, 0) is 18.2 Å². The number of hydrogen-bond acceptors (Lipinski definition) is 4. The van der Waals surface area contributed by atoms with Crippen molar-refractivity contribution in [1.82, 2.24) is 9.97 Å². The van der Waals surface area contributed by atoms with Crippen molar-refractivity contribution in [2.45, 2.75) is 0 Å². The Morgan fingerprint density at radius 2 is 2.24 bits per heavy atom. The monoisotopic (exact) mass is 229 g/mol. The molecule has 0 fully saturated rings. The third-order valence-corrected chi connectivity index (χ3v) is 2.14. The highest BCUT2D eigenvalue weighted by Crippen LogP contribution is 2.17. The molecule has 0 unspecified atom stereocenters. The molecule has 0 spiro atoms. The smallest absolute Gasteiger partial charge is 0.274 e. The Morgan fingerprint density at radius 3 is 2.94 bits per heavy atom. The van der Waals surface area contributed by atoms with Gasteiger partial charge in [-0.15, -0.1) is 0 Å². The summed E-state index contributed by atoms with van der Waals surface area (Å²) in [7, 11) is 1.57. The minimum absolute atomic E-state index is 0.277. The minimum Gasteiger partial charge on any atom is -0.497 e. The van der Waals surface area contributed by atoms with Gasteiger partial charge >= 0.3 is 0 Å². The fourth-order valence-electron chi connectivity index (χ4n) is 1.32. The second-order valence-corrected chi connectivity index (χ2v) is 3.28. The van der Waals surface area contributed by atoms with Crippen LogP contribution in [-0.4, -0.2) is 23.0 Å². The number of carbonyl (C=O) groups is 1. The number of hydrogen-bond donors (Lipinski definition) is 1. The predicted octanol–water partition coefficient (Wildman–Crippen LogP) is 1.74. The number of aromatic nitrogens is 2. The Kier molecular flexibility index (Phi) is 3.30. The van der Waals surface area contributed by atoms with Gasteiger partial charge < -0.3 is 10.1 Å². The van der Waals surface area contributed by atoms with E-state index in [9.17, 15) is 4.79 Å². The zero-order chi connectivity index (χ0) is 12.1. The molecule has 5 heteroatoms. The third-order valence-electron chi connectivity index (χ3n) is 2.14. The van der Waals surface area contributed by atoms with E-state index >= 15 is 0 Å². The summed E-state index contributed by atoms with van der Waals surface area (Å²) in [5.41, 5.74) is 0.982. The number of ether oxygens (including phenoxy) is 1. The van der Waals surface area contributed by atoms with E-state index in [1.807, 2.05) is 0 Å². The number of nitrogens with zero attached hydrogens (tertiary/aromatic N) is 2. The second kappa shape index (κ2) is 5.07. The van der Waals surface area contributed by atoms with Gasteiger partial charge in [0.2, 0.25) is 0 Å². The Hall–Kier alpha value is -2.43. The molecule has 0 aliphatic heterocycles. The van der Waals surface area contributed by atoms with E-state index in [4.69, 9.17) is 4.74 Å². The fraction of sp³-hybridized carbons (Fsp3) is 0.0833. The molecular formula is C12H11N3O2. The fourth-order valence-corrected chi connectivity index (χ4v) is 1.32. The van der Waals surface area contributed by atoms with Gasteiger partial charge in [-0.1, -0.05) is 6.07 Å². The summed E-state index contributed by atoms with van der Waals surface area (Å²) in [5, 5.41) is 2.72. The third kappa shape index (κ3) is 2.78. The molecule has 1 aromatic carbocycles. The molecule has 0 bridgehead atoms. The zero-order valence-electron chi connectivity index (χ0n) is 9.25. The van der Waals surface area contributed by atoms with Gasteiger partial charge in [-0.3, -0.25) is 4.79 Å². The molecular weight excluding hydrogens is 218 g/mol. The Bertz CT molecular complexity index is 514. The highest BCUT2D eigenvalue weighted by atomic mass is 16.5. The van der Waals surface area contributed by atoms with Crippen LogP contribution < -0.4 is 10.1 Å². The van der Waals surface area contributed by atoms with Crippen molar-refractivity contribution >= 4 is 11.6 Å². The lowest BCUT2D eigenvalue weighted by Gasteiger charge is -2.06. The molecule has 2 aromatic rings. The first kappa shape index (κ1) is 11.1. The van der Waals surface area contributed by atoms with Gasteiger partial charge in [0.05, 0.1) is 7.11 Å². The van der Waals surface area contributed by atoms with E-state index in [0.29, 0.717) is 17.1 Å². The number of rotatable bonds is 3. The van der Waals surface area contributed by atoms with Crippen molar-refractivity contribution in [3.8, 4) is 5.75 Å². The zero-order valence-corrected chi connectivity index (χ0v) is 9.25. The molecule has 1 amide bonds. The molecule has 2 rings (SSSR count). The number of amides is 1. The molecule has 1 N–H and O–H groups in total. The summed E-state index contributed by atoms with van der Waals surface area (Å²) in [6.45, 7) is 0. The number of nitrogens with one attached hydrogen (secondary N) is 1. The molecule has 0 radical (unpaired) electrons. The van der Waals surface area contributed by atoms with Crippen molar-refractivity contribution in [2.24, 2.45) is 0 Å². The van der Waals surface area contributed by atoms with Crippen LogP contribution in [0.4, 0.5) is 5.69 Å². The molecule has 0 atom stereocenters. The highest BCUT2D eigenvalue weighted by molar-refractivity contribution is 6.02. The van der Waals surface area contributed by atoms with Crippen LogP contribution in [0.15, 0.2) is 42.9 Å². The molecule has 17 heavy (non-hydrogen) atoms. The first-order valence-electron chi connectivity index (χ1n) is 5.01. The molecule has 5 nitrogen and oxygen atoms in total. The average molecular weight is 229 g/mol. The van der Waals surface area contributed by atoms with Gasteiger partial charge in [0.15, 0.2) is 0 Å². The van der Waals surface area contributed by atoms with Crippen LogP contribution in [0.1, 0.15) is 10.5 Å². The number of carbonyl (C=O) groups excluding carboxylic acids is 1.